The van der Waals surface area contributed by atoms with Gasteiger partial charge >= 0.3 is 0 Å². The number of amidine groups is 1. The Morgan fingerprint density at radius 1 is 0.946 bits per heavy atom. The predicted molar refractivity (Wildman–Crippen MR) is 148 cm³/mol. The van der Waals surface area contributed by atoms with Crippen molar-refractivity contribution < 1.29 is 18.0 Å². The average Bonchev–Trinajstić information content (AvgIpc) is 3.21. The molecule has 1 unspecified atom stereocenters. The maximum atomic E-state index is 12.9. The van der Waals surface area contributed by atoms with Crippen LogP contribution in [0, 0.1) is 12.8 Å². The summed E-state index contributed by atoms with van der Waals surface area (Å²) in [6.07, 6.45) is 1.75. The molecule has 0 aliphatic carbocycles. The number of aryl methyl sites for hydroxylation is 1. The number of nitrogens with zero attached hydrogens (tertiary/aromatic N) is 1. The van der Waals surface area contributed by atoms with E-state index < -0.39 is 22.0 Å². The van der Waals surface area contributed by atoms with Gasteiger partial charge in [0.15, 0.2) is 5.17 Å². The van der Waals surface area contributed by atoms with E-state index in [0.29, 0.717) is 4.91 Å². The SMILES string of the molecule is Cc1ccc(S(=O)(=O)NC(=O)C(N=C2NC(=O)/C(=C/c3ccc(-c4ccccc4)cc3)S2)C(C)C)cc1. The van der Waals surface area contributed by atoms with Crippen LogP contribution in [0.3, 0.4) is 0 Å². The van der Waals surface area contributed by atoms with Crippen LogP contribution >= 0.6 is 11.8 Å². The molecule has 37 heavy (non-hydrogen) atoms. The van der Waals surface area contributed by atoms with Crippen LogP contribution in [-0.4, -0.2) is 31.4 Å². The highest BCUT2D eigenvalue weighted by atomic mass is 32.2. The van der Waals surface area contributed by atoms with Crippen LogP contribution in [0.5, 0.6) is 0 Å². The van der Waals surface area contributed by atoms with Crippen LogP contribution in [0.25, 0.3) is 17.2 Å². The molecule has 0 spiro atoms. The zero-order valence-corrected chi connectivity index (χ0v) is 22.3. The second-order valence-corrected chi connectivity index (χ2v) is 11.7. The van der Waals surface area contributed by atoms with Gasteiger partial charge in [-0.25, -0.2) is 18.1 Å². The summed E-state index contributed by atoms with van der Waals surface area (Å²) in [4.78, 5) is 30.3. The number of hydrogen-bond acceptors (Lipinski definition) is 6. The van der Waals surface area contributed by atoms with E-state index in [1.54, 1.807) is 32.1 Å². The van der Waals surface area contributed by atoms with Gasteiger partial charge in [-0.2, -0.15) is 0 Å². The predicted octanol–water partition coefficient (Wildman–Crippen LogP) is 4.75. The second-order valence-electron chi connectivity index (χ2n) is 8.96. The number of benzene rings is 3. The van der Waals surface area contributed by atoms with Crippen molar-refractivity contribution in [2.45, 2.75) is 31.7 Å². The molecule has 1 aliphatic rings. The van der Waals surface area contributed by atoms with E-state index >= 15 is 0 Å². The number of hydrogen-bond donors (Lipinski definition) is 2. The highest BCUT2D eigenvalue weighted by molar-refractivity contribution is 8.18. The van der Waals surface area contributed by atoms with Gasteiger partial charge in [-0.05, 0) is 59.5 Å². The van der Waals surface area contributed by atoms with Gasteiger partial charge in [-0.15, -0.1) is 0 Å². The number of amides is 2. The van der Waals surface area contributed by atoms with Crippen LogP contribution < -0.4 is 10.0 Å². The van der Waals surface area contributed by atoms with Crippen LogP contribution in [0.1, 0.15) is 25.0 Å². The smallest absolute Gasteiger partial charge is 0.264 e. The number of rotatable bonds is 7. The van der Waals surface area contributed by atoms with Crippen LogP contribution in [-0.2, 0) is 19.6 Å². The molecule has 190 valence electrons. The normalized spacial score (nSPS) is 16.7. The fourth-order valence-electron chi connectivity index (χ4n) is 3.65. The molecule has 9 heteroatoms. The van der Waals surface area contributed by atoms with Crippen LogP contribution in [0.2, 0.25) is 0 Å². The van der Waals surface area contributed by atoms with Crippen molar-refractivity contribution >= 4 is 44.8 Å². The first-order valence-corrected chi connectivity index (χ1v) is 14.0. The largest absolute Gasteiger partial charge is 0.301 e. The van der Waals surface area contributed by atoms with E-state index in [4.69, 9.17) is 0 Å². The molecule has 0 saturated carbocycles. The molecule has 2 N–H and O–H groups in total. The third kappa shape index (κ3) is 6.55. The molecule has 1 atom stereocenters. The standard InChI is InChI=1S/C28H27N3O4S2/c1-18(2)25(27(33)31-37(34,35)23-15-9-19(3)10-16-23)29-28-30-26(32)24(36-28)17-20-11-13-22(14-12-20)21-7-5-4-6-8-21/h4-18,25H,1-3H3,(H,31,33)(H,29,30,32)/b24-17-. The third-order valence-corrected chi connectivity index (χ3v) is 7.98. The molecule has 2 amide bonds. The van der Waals surface area contributed by atoms with Gasteiger partial charge in [-0.3, -0.25) is 9.59 Å². The summed E-state index contributed by atoms with van der Waals surface area (Å²) in [5.74, 6) is -1.39. The fourth-order valence-corrected chi connectivity index (χ4v) is 5.50. The summed E-state index contributed by atoms with van der Waals surface area (Å²) in [6.45, 7) is 5.37. The summed E-state index contributed by atoms with van der Waals surface area (Å²) >= 11 is 1.11. The van der Waals surface area contributed by atoms with E-state index in [-0.39, 0.29) is 21.9 Å². The average molecular weight is 534 g/mol. The van der Waals surface area contributed by atoms with Crippen molar-refractivity contribution in [2.75, 3.05) is 0 Å². The molecule has 7 nitrogen and oxygen atoms in total. The first-order chi connectivity index (χ1) is 17.6. The number of carbonyl (C=O) groups is 2. The molecular formula is C28H27N3O4S2. The number of sulfonamides is 1. The lowest BCUT2D eigenvalue weighted by Crippen LogP contribution is -2.41. The lowest BCUT2D eigenvalue weighted by Gasteiger charge is -2.17. The quantitative estimate of drug-likeness (QED) is 0.427. The Morgan fingerprint density at radius 3 is 2.19 bits per heavy atom. The minimum Gasteiger partial charge on any atom is -0.301 e. The third-order valence-electron chi connectivity index (χ3n) is 5.69. The Kier molecular flexibility index (Phi) is 7.94. The number of aliphatic imine (C=N–C) groups is 1. The Labute approximate surface area is 221 Å². The van der Waals surface area contributed by atoms with Gasteiger partial charge in [0.1, 0.15) is 6.04 Å². The maximum absolute atomic E-state index is 12.9. The molecule has 3 aromatic rings. The highest BCUT2D eigenvalue weighted by Gasteiger charge is 2.30. The molecule has 0 bridgehead atoms. The fraction of sp³-hybridized carbons (Fsp3) is 0.179. The highest BCUT2D eigenvalue weighted by Crippen LogP contribution is 2.28. The zero-order valence-electron chi connectivity index (χ0n) is 20.6. The van der Waals surface area contributed by atoms with Crippen molar-refractivity contribution in [1.29, 1.82) is 0 Å². The van der Waals surface area contributed by atoms with Crippen molar-refractivity contribution in [3.63, 3.8) is 0 Å². The summed E-state index contributed by atoms with van der Waals surface area (Å²) in [5, 5.41) is 2.93. The van der Waals surface area contributed by atoms with E-state index in [1.165, 1.54) is 12.1 Å². The topological polar surface area (TPSA) is 105 Å². The molecule has 1 aliphatic heterocycles. The van der Waals surface area contributed by atoms with Gasteiger partial charge in [-0.1, -0.05) is 86.1 Å². The molecule has 1 saturated heterocycles. The van der Waals surface area contributed by atoms with Gasteiger partial charge in [0.05, 0.1) is 9.80 Å². The summed E-state index contributed by atoms with van der Waals surface area (Å²) in [7, 11) is -4.05. The van der Waals surface area contributed by atoms with E-state index in [0.717, 1.165) is 34.0 Å². The van der Waals surface area contributed by atoms with Crippen LogP contribution in [0.15, 0.2) is 93.7 Å². The number of nitrogens with one attached hydrogen (secondary N) is 2. The van der Waals surface area contributed by atoms with Crippen molar-refractivity contribution in [3.05, 3.63) is 94.9 Å². The Morgan fingerprint density at radius 2 is 1.57 bits per heavy atom. The van der Waals surface area contributed by atoms with Gasteiger partial charge < -0.3 is 5.32 Å². The lowest BCUT2D eigenvalue weighted by atomic mass is 10.0. The van der Waals surface area contributed by atoms with Crippen LogP contribution in [0.4, 0.5) is 0 Å². The monoisotopic (exact) mass is 533 g/mol. The molecule has 3 aromatic carbocycles. The Hall–Kier alpha value is -3.69. The Balaban J connectivity index is 1.49. The van der Waals surface area contributed by atoms with Gasteiger partial charge in [0, 0.05) is 0 Å². The van der Waals surface area contributed by atoms with E-state index in [9.17, 15) is 18.0 Å². The minimum absolute atomic E-state index is 0.00587. The lowest BCUT2D eigenvalue weighted by molar-refractivity contribution is -0.121. The number of carbonyl (C=O) groups excluding carboxylic acids is 2. The number of thioether (sulfide) groups is 1. The minimum atomic E-state index is -4.05. The summed E-state index contributed by atoms with van der Waals surface area (Å²) < 4.78 is 27.5. The molecule has 0 radical (unpaired) electrons. The first-order valence-electron chi connectivity index (χ1n) is 11.7. The van der Waals surface area contributed by atoms with Crippen molar-refractivity contribution in [2.24, 2.45) is 10.9 Å². The molecule has 1 fully saturated rings. The van der Waals surface area contributed by atoms with Gasteiger partial charge in [0.25, 0.3) is 21.8 Å². The molecular weight excluding hydrogens is 506 g/mol. The zero-order chi connectivity index (χ0) is 26.6. The second kappa shape index (κ2) is 11.1. The molecule has 0 aromatic heterocycles. The molecule has 4 rings (SSSR count). The van der Waals surface area contributed by atoms with E-state index in [1.807, 2.05) is 61.5 Å². The van der Waals surface area contributed by atoms with Crippen molar-refractivity contribution in [1.82, 2.24) is 10.0 Å². The van der Waals surface area contributed by atoms with Crippen molar-refractivity contribution in [3.8, 4) is 11.1 Å². The molecule has 1 heterocycles. The summed E-state index contributed by atoms with van der Waals surface area (Å²) in [5.41, 5.74) is 3.93. The van der Waals surface area contributed by atoms with Gasteiger partial charge in [0.2, 0.25) is 0 Å². The first kappa shape index (κ1) is 26.4. The Bertz CT molecular complexity index is 1460. The van der Waals surface area contributed by atoms with E-state index in [2.05, 4.69) is 15.0 Å². The maximum Gasteiger partial charge on any atom is 0.264 e. The summed E-state index contributed by atoms with van der Waals surface area (Å²) in [6, 6.07) is 23.0.